The van der Waals surface area contributed by atoms with Gasteiger partial charge in [0.15, 0.2) is 0 Å². The Labute approximate surface area is 193 Å². The van der Waals surface area contributed by atoms with Gasteiger partial charge in [-0.15, -0.1) is 0 Å². The van der Waals surface area contributed by atoms with Gasteiger partial charge in [0.2, 0.25) is 0 Å². The van der Waals surface area contributed by atoms with E-state index < -0.39 is 17.7 Å². The molecule has 5 rings (SSSR count). The first kappa shape index (κ1) is 21.0. The molecule has 3 aromatic carbocycles. The first-order chi connectivity index (χ1) is 16.1. The maximum Gasteiger partial charge on any atom is 0.300 e. The van der Waals surface area contributed by atoms with Crippen LogP contribution in [0.15, 0.2) is 84.4 Å². The van der Waals surface area contributed by atoms with Crippen LogP contribution in [0, 0.1) is 6.92 Å². The third-order valence-electron chi connectivity index (χ3n) is 6.57. The first-order valence-electron chi connectivity index (χ1n) is 11.3. The van der Waals surface area contributed by atoms with Gasteiger partial charge in [-0.3, -0.25) is 14.5 Å². The number of carbonyl (C=O) groups excluding carboxylic acids is 2. The predicted molar refractivity (Wildman–Crippen MR) is 130 cm³/mol. The van der Waals surface area contributed by atoms with Crippen molar-refractivity contribution in [2.75, 3.05) is 22.9 Å². The fourth-order valence-corrected chi connectivity index (χ4v) is 4.84. The Kier molecular flexibility index (Phi) is 5.47. The lowest BCUT2D eigenvalue weighted by molar-refractivity contribution is -0.132. The Morgan fingerprint density at radius 3 is 2.09 bits per heavy atom. The maximum atomic E-state index is 13.3. The second kappa shape index (κ2) is 8.58. The number of aliphatic hydroxyl groups is 1. The molecule has 166 valence electrons. The maximum absolute atomic E-state index is 13.3. The van der Waals surface area contributed by atoms with E-state index in [0.717, 1.165) is 29.9 Å². The average Bonchev–Trinajstić information content (AvgIpc) is 3.47. The number of hydrogen-bond donors (Lipinski definition) is 1. The number of aliphatic hydroxyl groups excluding tert-OH is 1. The van der Waals surface area contributed by atoms with Gasteiger partial charge < -0.3 is 10.0 Å². The van der Waals surface area contributed by atoms with E-state index in [1.165, 1.54) is 17.7 Å². The normalized spacial score (nSPS) is 20.0. The SMILES string of the molecule is Cc1ccccc1C1/C(=C(\O)c2ccccc2)C(=O)C(=O)N1c1ccc(N2CCCC2)cc1. The molecule has 0 saturated carbocycles. The monoisotopic (exact) mass is 438 g/mol. The number of nitrogens with zero attached hydrogens (tertiary/aromatic N) is 2. The minimum Gasteiger partial charge on any atom is -0.507 e. The number of benzene rings is 3. The van der Waals surface area contributed by atoms with Gasteiger partial charge in [0.05, 0.1) is 11.6 Å². The zero-order valence-electron chi connectivity index (χ0n) is 18.6. The summed E-state index contributed by atoms with van der Waals surface area (Å²) in [6, 6.07) is 23.7. The summed E-state index contributed by atoms with van der Waals surface area (Å²) in [6.45, 7) is 4.02. The molecular weight excluding hydrogens is 412 g/mol. The molecule has 2 fully saturated rings. The topological polar surface area (TPSA) is 60.9 Å². The van der Waals surface area contributed by atoms with Gasteiger partial charge in [-0.1, -0.05) is 54.6 Å². The van der Waals surface area contributed by atoms with Crippen molar-refractivity contribution in [1.29, 1.82) is 0 Å². The summed E-state index contributed by atoms with van der Waals surface area (Å²) in [6.07, 6.45) is 2.37. The number of Topliss-reactive ketones (excluding diaryl/α,β-unsaturated/α-hetero) is 1. The molecule has 0 radical (unpaired) electrons. The van der Waals surface area contributed by atoms with E-state index in [2.05, 4.69) is 4.90 Å². The molecule has 0 bridgehead atoms. The highest BCUT2D eigenvalue weighted by Gasteiger charge is 2.47. The Balaban J connectivity index is 1.64. The highest BCUT2D eigenvalue weighted by Crippen LogP contribution is 2.43. The van der Waals surface area contributed by atoms with Crippen LogP contribution in [0.2, 0.25) is 0 Å². The average molecular weight is 439 g/mol. The Bertz CT molecular complexity index is 1230. The van der Waals surface area contributed by atoms with Crippen molar-refractivity contribution in [3.8, 4) is 0 Å². The number of rotatable bonds is 4. The lowest BCUT2D eigenvalue weighted by atomic mass is 9.92. The van der Waals surface area contributed by atoms with Gasteiger partial charge in [0.25, 0.3) is 11.7 Å². The Morgan fingerprint density at radius 2 is 1.42 bits per heavy atom. The van der Waals surface area contributed by atoms with E-state index in [9.17, 15) is 14.7 Å². The highest BCUT2D eigenvalue weighted by atomic mass is 16.3. The number of hydrogen-bond acceptors (Lipinski definition) is 4. The summed E-state index contributed by atoms with van der Waals surface area (Å²) in [5.41, 5.74) is 4.15. The molecule has 2 saturated heterocycles. The summed E-state index contributed by atoms with van der Waals surface area (Å²) in [5, 5.41) is 11.2. The molecule has 1 amide bonds. The van der Waals surface area contributed by atoms with Gasteiger partial charge in [-0.2, -0.15) is 0 Å². The van der Waals surface area contributed by atoms with E-state index in [0.29, 0.717) is 11.3 Å². The third-order valence-corrected chi connectivity index (χ3v) is 6.57. The molecule has 2 aliphatic heterocycles. The molecule has 5 nitrogen and oxygen atoms in total. The van der Waals surface area contributed by atoms with Crippen molar-refractivity contribution in [2.24, 2.45) is 0 Å². The van der Waals surface area contributed by atoms with Crippen LogP contribution in [0.5, 0.6) is 0 Å². The lowest BCUT2D eigenvalue weighted by Gasteiger charge is -2.27. The van der Waals surface area contributed by atoms with Gasteiger partial charge in [0, 0.05) is 30.0 Å². The highest BCUT2D eigenvalue weighted by molar-refractivity contribution is 6.51. The largest absolute Gasteiger partial charge is 0.507 e. The lowest BCUT2D eigenvalue weighted by Crippen LogP contribution is -2.29. The fraction of sp³-hybridized carbons (Fsp3) is 0.214. The zero-order chi connectivity index (χ0) is 22.9. The molecule has 1 N–H and O–H groups in total. The summed E-state index contributed by atoms with van der Waals surface area (Å²) in [7, 11) is 0. The molecule has 2 aliphatic rings. The van der Waals surface area contributed by atoms with Crippen LogP contribution in [0.1, 0.15) is 35.6 Å². The molecule has 1 atom stereocenters. The molecule has 0 aromatic heterocycles. The number of anilines is 2. The molecule has 0 spiro atoms. The molecule has 3 aromatic rings. The van der Waals surface area contributed by atoms with E-state index >= 15 is 0 Å². The van der Waals surface area contributed by atoms with Gasteiger partial charge in [-0.05, 0) is 55.2 Å². The van der Waals surface area contributed by atoms with Crippen LogP contribution in [0.4, 0.5) is 11.4 Å². The van der Waals surface area contributed by atoms with Crippen LogP contribution in [0.3, 0.4) is 0 Å². The molecule has 0 aliphatic carbocycles. The summed E-state index contributed by atoms with van der Waals surface area (Å²) in [5.74, 6) is -1.46. The van der Waals surface area contributed by atoms with E-state index in [1.807, 2.05) is 61.5 Å². The standard InChI is InChI=1S/C28H26N2O3/c1-19-9-5-6-12-23(19)25-24(26(31)20-10-3-2-4-11-20)27(32)28(33)30(25)22-15-13-21(14-16-22)29-17-7-8-18-29/h2-6,9-16,25,31H,7-8,17-18H2,1H3/b26-24+. The molecular formula is C28H26N2O3. The number of aryl methyl sites for hydroxylation is 1. The number of ketones is 1. The minimum atomic E-state index is -0.705. The number of amides is 1. The molecule has 1 unspecified atom stereocenters. The second-order valence-corrected chi connectivity index (χ2v) is 8.60. The summed E-state index contributed by atoms with van der Waals surface area (Å²) < 4.78 is 0. The van der Waals surface area contributed by atoms with Crippen LogP contribution in [-0.4, -0.2) is 29.9 Å². The smallest absolute Gasteiger partial charge is 0.300 e. The first-order valence-corrected chi connectivity index (χ1v) is 11.3. The minimum absolute atomic E-state index is 0.115. The van der Waals surface area contributed by atoms with Gasteiger partial charge >= 0.3 is 0 Å². The van der Waals surface area contributed by atoms with Crippen molar-refractivity contribution < 1.29 is 14.7 Å². The quantitative estimate of drug-likeness (QED) is 0.345. The summed E-state index contributed by atoms with van der Waals surface area (Å²) >= 11 is 0. The van der Waals surface area contributed by atoms with Crippen LogP contribution in [0.25, 0.3) is 5.76 Å². The van der Waals surface area contributed by atoms with E-state index in [4.69, 9.17) is 0 Å². The van der Waals surface area contributed by atoms with Crippen molar-refractivity contribution in [3.63, 3.8) is 0 Å². The Hall–Kier alpha value is -3.86. The van der Waals surface area contributed by atoms with Crippen molar-refractivity contribution >= 4 is 28.8 Å². The van der Waals surface area contributed by atoms with E-state index in [-0.39, 0.29) is 11.3 Å². The Morgan fingerprint density at radius 1 is 0.818 bits per heavy atom. The van der Waals surface area contributed by atoms with Crippen molar-refractivity contribution in [1.82, 2.24) is 0 Å². The predicted octanol–water partition coefficient (Wildman–Crippen LogP) is 5.22. The van der Waals surface area contributed by atoms with Crippen molar-refractivity contribution in [3.05, 3.63) is 101 Å². The summed E-state index contributed by atoms with van der Waals surface area (Å²) in [4.78, 5) is 30.4. The van der Waals surface area contributed by atoms with Crippen molar-refractivity contribution in [2.45, 2.75) is 25.8 Å². The molecule has 2 heterocycles. The van der Waals surface area contributed by atoms with Crippen LogP contribution >= 0.6 is 0 Å². The molecule has 33 heavy (non-hydrogen) atoms. The second-order valence-electron chi connectivity index (χ2n) is 8.60. The fourth-order valence-electron chi connectivity index (χ4n) is 4.84. The van der Waals surface area contributed by atoms with Crippen LogP contribution in [-0.2, 0) is 9.59 Å². The number of carbonyl (C=O) groups is 2. The molecule has 5 heteroatoms. The zero-order valence-corrected chi connectivity index (χ0v) is 18.6. The van der Waals surface area contributed by atoms with Crippen LogP contribution < -0.4 is 9.80 Å². The third kappa shape index (κ3) is 3.69. The van der Waals surface area contributed by atoms with Gasteiger partial charge in [-0.25, -0.2) is 0 Å². The van der Waals surface area contributed by atoms with Gasteiger partial charge in [0.1, 0.15) is 5.76 Å². The van der Waals surface area contributed by atoms with E-state index in [1.54, 1.807) is 24.3 Å².